The number of hydrogen-bond donors (Lipinski definition) is 1. The van der Waals surface area contributed by atoms with Crippen LogP contribution in [0, 0.1) is 0 Å². The van der Waals surface area contributed by atoms with Crippen molar-refractivity contribution in [2.45, 2.75) is 69.9 Å². The van der Waals surface area contributed by atoms with Crippen LogP contribution in [0.4, 0.5) is 0 Å². The molecule has 2 heteroatoms. The van der Waals surface area contributed by atoms with E-state index in [1.807, 2.05) is 0 Å². The maximum Gasteiger partial charge on any atom is 0.0166 e. The highest BCUT2D eigenvalue weighted by atomic mass is 15.2. The molecule has 0 bridgehead atoms. The van der Waals surface area contributed by atoms with Gasteiger partial charge in [0, 0.05) is 18.1 Å². The summed E-state index contributed by atoms with van der Waals surface area (Å²) in [5.41, 5.74) is 6.64. The molecule has 2 N–H and O–H groups in total. The highest BCUT2D eigenvalue weighted by molar-refractivity contribution is 4.89. The molecule has 1 saturated carbocycles. The monoisotopic (exact) mass is 210 g/mol. The van der Waals surface area contributed by atoms with Crippen LogP contribution in [0.3, 0.4) is 0 Å². The van der Waals surface area contributed by atoms with Crippen LogP contribution in [-0.4, -0.2) is 29.6 Å². The van der Waals surface area contributed by atoms with Crippen LogP contribution in [0.1, 0.15) is 58.3 Å². The van der Waals surface area contributed by atoms with Crippen molar-refractivity contribution in [3.05, 3.63) is 0 Å². The molecule has 1 heterocycles. The van der Waals surface area contributed by atoms with Gasteiger partial charge in [-0.15, -0.1) is 0 Å². The molecule has 0 aromatic heterocycles. The van der Waals surface area contributed by atoms with Crippen molar-refractivity contribution in [2.75, 3.05) is 13.1 Å². The molecule has 88 valence electrons. The van der Waals surface area contributed by atoms with Gasteiger partial charge in [0.1, 0.15) is 0 Å². The van der Waals surface area contributed by atoms with Crippen LogP contribution in [0.5, 0.6) is 0 Å². The molecule has 15 heavy (non-hydrogen) atoms. The zero-order valence-corrected chi connectivity index (χ0v) is 10.2. The largest absolute Gasteiger partial charge is 0.325 e. The SMILES string of the molecule is CC1CCCN1CCC1(N)CCCCC1. The molecule has 1 saturated heterocycles. The van der Waals surface area contributed by atoms with Gasteiger partial charge >= 0.3 is 0 Å². The van der Waals surface area contributed by atoms with Gasteiger partial charge in [-0.25, -0.2) is 0 Å². The zero-order valence-electron chi connectivity index (χ0n) is 10.2. The second kappa shape index (κ2) is 4.84. The lowest BCUT2D eigenvalue weighted by Crippen LogP contribution is -2.45. The Hall–Kier alpha value is -0.0800. The highest BCUT2D eigenvalue weighted by Crippen LogP contribution is 2.29. The van der Waals surface area contributed by atoms with Gasteiger partial charge in [-0.1, -0.05) is 19.3 Å². The van der Waals surface area contributed by atoms with Gasteiger partial charge in [0.15, 0.2) is 0 Å². The quantitative estimate of drug-likeness (QED) is 0.775. The number of nitrogens with zero attached hydrogens (tertiary/aromatic N) is 1. The fourth-order valence-corrected chi connectivity index (χ4v) is 3.20. The molecule has 1 unspecified atom stereocenters. The van der Waals surface area contributed by atoms with Gasteiger partial charge in [-0.2, -0.15) is 0 Å². The summed E-state index contributed by atoms with van der Waals surface area (Å²) in [7, 11) is 0. The first-order valence-corrected chi connectivity index (χ1v) is 6.73. The molecular formula is C13H26N2. The summed E-state index contributed by atoms with van der Waals surface area (Å²) in [6.45, 7) is 4.89. The molecule has 2 aliphatic rings. The Bertz CT molecular complexity index is 197. The third-order valence-corrected chi connectivity index (χ3v) is 4.44. The Morgan fingerprint density at radius 2 is 1.93 bits per heavy atom. The van der Waals surface area contributed by atoms with Crippen LogP contribution in [0.2, 0.25) is 0 Å². The van der Waals surface area contributed by atoms with E-state index in [1.54, 1.807) is 0 Å². The Balaban J connectivity index is 1.76. The van der Waals surface area contributed by atoms with Crippen molar-refractivity contribution in [2.24, 2.45) is 5.73 Å². The number of hydrogen-bond acceptors (Lipinski definition) is 2. The van der Waals surface area contributed by atoms with Crippen molar-refractivity contribution in [3.8, 4) is 0 Å². The average molecular weight is 210 g/mol. The van der Waals surface area contributed by atoms with Gasteiger partial charge in [0.25, 0.3) is 0 Å². The molecule has 2 nitrogen and oxygen atoms in total. The summed E-state index contributed by atoms with van der Waals surface area (Å²) >= 11 is 0. The van der Waals surface area contributed by atoms with E-state index in [1.165, 1.54) is 64.5 Å². The Morgan fingerprint density at radius 1 is 1.20 bits per heavy atom. The zero-order chi connectivity index (χ0) is 10.7. The van der Waals surface area contributed by atoms with E-state index in [0.717, 1.165) is 6.04 Å². The minimum absolute atomic E-state index is 0.181. The van der Waals surface area contributed by atoms with Crippen molar-refractivity contribution in [1.82, 2.24) is 4.90 Å². The summed E-state index contributed by atoms with van der Waals surface area (Å²) in [5, 5.41) is 0. The van der Waals surface area contributed by atoms with Crippen LogP contribution < -0.4 is 5.73 Å². The standard InChI is InChI=1S/C13H26N2/c1-12-6-5-10-15(12)11-9-13(14)7-3-2-4-8-13/h12H,2-11,14H2,1H3. The molecule has 0 amide bonds. The first-order chi connectivity index (χ1) is 7.20. The van der Waals surface area contributed by atoms with Crippen molar-refractivity contribution in [1.29, 1.82) is 0 Å². The molecular weight excluding hydrogens is 184 g/mol. The lowest BCUT2D eigenvalue weighted by Gasteiger charge is -2.35. The van der Waals surface area contributed by atoms with E-state index in [9.17, 15) is 0 Å². The second-order valence-corrected chi connectivity index (χ2v) is 5.70. The fraction of sp³-hybridized carbons (Fsp3) is 1.00. The van der Waals surface area contributed by atoms with E-state index in [4.69, 9.17) is 5.73 Å². The smallest absolute Gasteiger partial charge is 0.0166 e. The lowest BCUT2D eigenvalue weighted by molar-refractivity contribution is 0.204. The predicted molar refractivity (Wildman–Crippen MR) is 64.9 cm³/mol. The summed E-state index contributed by atoms with van der Waals surface area (Å²) in [6, 6.07) is 0.803. The van der Waals surface area contributed by atoms with Gasteiger partial charge < -0.3 is 10.6 Å². The summed E-state index contributed by atoms with van der Waals surface area (Å²) in [6.07, 6.45) is 10.6. The fourth-order valence-electron chi connectivity index (χ4n) is 3.20. The molecule has 0 radical (unpaired) electrons. The van der Waals surface area contributed by atoms with Gasteiger partial charge in [0.2, 0.25) is 0 Å². The summed E-state index contributed by atoms with van der Waals surface area (Å²) in [4.78, 5) is 2.63. The molecule has 1 aliphatic carbocycles. The number of rotatable bonds is 3. The van der Waals surface area contributed by atoms with Gasteiger partial charge in [0.05, 0.1) is 0 Å². The Kier molecular flexibility index (Phi) is 3.68. The molecule has 0 spiro atoms. The highest BCUT2D eigenvalue weighted by Gasteiger charge is 2.29. The molecule has 0 aromatic rings. The van der Waals surface area contributed by atoms with E-state index >= 15 is 0 Å². The Morgan fingerprint density at radius 3 is 2.53 bits per heavy atom. The van der Waals surface area contributed by atoms with Crippen LogP contribution in [-0.2, 0) is 0 Å². The van der Waals surface area contributed by atoms with Gasteiger partial charge in [-0.05, 0) is 45.6 Å². The molecule has 2 rings (SSSR count). The van der Waals surface area contributed by atoms with Crippen molar-refractivity contribution < 1.29 is 0 Å². The van der Waals surface area contributed by atoms with Gasteiger partial charge in [-0.3, -0.25) is 0 Å². The molecule has 1 atom stereocenters. The van der Waals surface area contributed by atoms with Crippen LogP contribution in [0.15, 0.2) is 0 Å². The Labute approximate surface area is 94.2 Å². The third kappa shape index (κ3) is 2.94. The maximum absolute atomic E-state index is 6.46. The van der Waals surface area contributed by atoms with E-state index in [2.05, 4.69) is 11.8 Å². The summed E-state index contributed by atoms with van der Waals surface area (Å²) < 4.78 is 0. The summed E-state index contributed by atoms with van der Waals surface area (Å²) in [5.74, 6) is 0. The number of likely N-dealkylation sites (tertiary alicyclic amines) is 1. The van der Waals surface area contributed by atoms with E-state index in [0.29, 0.717) is 0 Å². The molecule has 1 aliphatic heterocycles. The maximum atomic E-state index is 6.46. The predicted octanol–water partition coefficient (Wildman–Crippen LogP) is 2.52. The normalized spacial score (nSPS) is 32.0. The molecule has 0 aromatic carbocycles. The van der Waals surface area contributed by atoms with Crippen LogP contribution in [0.25, 0.3) is 0 Å². The molecule has 2 fully saturated rings. The lowest BCUT2D eigenvalue weighted by atomic mass is 9.80. The van der Waals surface area contributed by atoms with Crippen LogP contribution >= 0.6 is 0 Å². The topological polar surface area (TPSA) is 29.3 Å². The van der Waals surface area contributed by atoms with Crippen molar-refractivity contribution >= 4 is 0 Å². The minimum Gasteiger partial charge on any atom is -0.325 e. The van der Waals surface area contributed by atoms with Crippen molar-refractivity contribution in [3.63, 3.8) is 0 Å². The second-order valence-electron chi connectivity index (χ2n) is 5.70. The minimum atomic E-state index is 0.181. The van der Waals surface area contributed by atoms with E-state index < -0.39 is 0 Å². The van der Waals surface area contributed by atoms with E-state index in [-0.39, 0.29) is 5.54 Å². The first-order valence-electron chi connectivity index (χ1n) is 6.73. The third-order valence-electron chi connectivity index (χ3n) is 4.44. The number of nitrogens with two attached hydrogens (primary N) is 1. The first kappa shape index (κ1) is 11.4. The average Bonchev–Trinajstić information content (AvgIpc) is 2.62.